The van der Waals surface area contributed by atoms with Crippen molar-refractivity contribution in [2.45, 2.75) is 20.4 Å². The Kier molecular flexibility index (Phi) is 4.27. The largest absolute Gasteiger partial charge is 0.494 e. The molecule has 1 aromatic carbocycles. The lowest BCUT2D eigenvalue weighted by molar-refractivity contribution is 0.338. The number of nitrogens with two attached hydrogens (primary N) is 1. The van der Waals surface area contributed by atoms with Gasteiger partial charge >= 0.3 is 0 Å². The third-order valence-electron chi connectivity index (χ3n) is 3.00. The SMILES string of the molecule is CCOc1ccc(-c2c(Br)c(CN)nn2C)cc1C. The van der Waals surface area contributed by atoms with Gasteiger partial charge in [0.1, 0.15) is 5.75 Å². The summed E-state index contributed by atoms with van der Waals surface area (Å²) in [6.45, 7) is 5.12. The molecule has 5 heteroatoms. The Hall–Kier alpha value is -1.33. The first-order valence-electron chi connectivity index (χ1n) is 6.23. The molecule has 0 radical (unpaired) electrons. The van der Waals surface area contributed by atoms with Crippen LogP contribution in [0.5, 0.6) is 5.75 Å². The van der Waals surface area contributed by atoms with E-state index in [2.05, 4.69) is 27.1 Å². The molecule has 102 valence electrons. The van der Waals surface area contributed by atoms with Gasteiger partial charge in [-0.3, -0.25) is 4.68 Å². The number of ether oxygens (including phenoxy) is 1. The van der Waals surface area contributed by atoms with Crippen molar-refractivity contribution in [2.24, 2.45) is 12.8 Å². The van der Waals surface area contributed by atoms with Crippen molar-refractivity contribution in [3.63, 3.8) is 0 Å². The maximum Gasteiger partial charge on any atom is 0.122 e. The van der Waals surface area contributed by atoms with E-state index in [4.69, 9.17) is 10.5 Å². The second-order valence-corrected chi connectivity index (χ2v) is 5.14. The number of aromatic nitrogens is 2. The average Bonchev–Trinajstić information content (AvgIpc) is 2.67. The van der Waals surface area contributed by atoms with Gasteiger partial charge in [0.15, 0.2) is 0 Å². The van der Waals surface area contributed by atoms with Gasteiger partial charge in [0.2, 0.25) is 0 Å². The highest BCUT2D eigenvalue weighted by molar-refractivity contribution is 9.10. The van der Waals surface area contributed by atoms with Crippen LogP contribution in [-0.2, 0) is 13.6 Å². The third-order valence-corrected chi connectivity index (χ3v) is 3.83. The van der Waals surface area contributed by atoms with Crippen LogP contribution in [0.3, 0.4) is 0 Å². The predicted octanol–water partition coefficient (Wildman–Crippen LogP) is 3.02. The van der Waals surface area contributed by atoms with Crippen LogP contribution in [0.15, 0.2) is 22.7 Å². The molecule has 19 heavy (non-hydrogen) atoms. The second-order valence-electron chi connectivity index (χ2n) is 4.35. The molecular formula is C14H18BrN3O. The van der Waals surface area contributed by atoms with Crippen LogP contribution < -0.4 is 10.5 Å². The van der Waals surface area contributed by atoms with Crippen molar-refractivity contribution in [3.05, 3.63) is 33.9 Å². The first-order chi connectivity index (χ1) is 9.08. The van der Waals surface area contributed by atoms with Gasteiger partial charge < -0.3 is 10.5 Å². The van der Waals surface area contributed by atoms with Gasteiger partial charge in [-0.25, -0.2) is 0 Å². The first-order valence-corrected chi connectivity index (χ1v) is 7.03. The van der Waals surface area contributed by atoms with Gasteiger partial charge in [-0.05, 0) is 53.5 Å². The summed E-state index contributed by atoms with van der Waals surface area (Å²) in [5.41, 5.74) is 9.79. The van der Waals surface area contributed by atoms with Gasteiger partial charge in [0.05, 0.1) is 22.5 Å². The molecule has 0 amide bonds. The molecule has 0 aliphatic heterocycles. The normalized spacial score (nSPS) is 10.8. The highest BCUT2D eigenvalue weighted by Crippen LogP contribution is 2.33. The molecule has 0 fully saturated rings. The Morgan fingerprint density at radius 1 is 1.42 bits per heavy atom. The Labute approximate surface area is 121 Å². The molecule has 0 spiro atoms. The fourth-order valence-corrected chi connectivity index (χ4v) is 2.84. The topological polar surface area (TPSA) is 53.1 Å². The molecule has 1 heterocycles. The van der Waals surface area contributed by atoms with Crippen LogP contribution in [-0.4, -0.2) is 16.4 Å². The molecule has 0 aliphatic carbocycles. The summed E-state index contributed by atoms with van der Waals surface area (Å²) in [4.78, 5) is 0. The molecule has 0 saturated heterocycles. The molecule has 0 saturated carbocycles. The zero-order valence-electron chi connectivity index (χ0n) is 11.4. The molecule has 2 N–H and O–H groups in total. The molecule has 2 aromatic rings. The van der Waals surface area contributed by atoms with Gasteiger partial charge in [-0.15, -0.1) is 0 Å². The number of rotatable bonds is 4. The summed E-state index contributed by atoms with van der Waals surface area (Å²) in [5.74, 6) is 0.920. The minimum absolute atomic E-state index is 0.421. The van der Waals surface area contributed by atoms with Crippen LogP contribution in [0.4, 0.5) is 0 Å². The monoisotopic (exact) mass is 323 g/mol. The predicted molar refractivity (Wildman–Crippen MR) is 80.1 cm³/mol. The summed E-state index contributed by atoms with van der Waals surface area (Å²) in [5, 5.41) is 4.41. The quantitative estimate of drug-likeness (QED) is 0.940. The fraction of sp³-hybridized carbons (Fsp3) is 0.357. The molecule has 0 aliphatic rings. The van der Waals surface area contributed by atoms with Gasteiger partial charge in [0.25, 0.3) is 0 Å². The standard InChI is InChI=1S/C14H18BrN3O/c1-4-19-12-6-5-10(7-9(12)2)14-13(15)11(8-16)17-18(14)3/h5-7H,4,8,16H2,1-3H3. The van der Waals surface area contributed by atoms with Crippen molar-refractivity contribution in [1.82, 2.24) is 9.78 Å². The van der Waals surface area contributed by atoms with E-state index in [0.29, 0.717) is 13.2 Å². The summed E-state index contributed by atoms with van der Waals surface area (Å²) in [7, 11) is 1.92. The van der Waals surface area contributed by atoms with E-state index in [1.807, 2.05) is 37.7 Å². The number of aryl methyl sites for hydroxylation is 2. The van der Waals surface area contributed by atoms with Crippen molar-refractivity contribution in [3.8, 4) is 17.0 Å². The Morgan fingerprint density at radius 3 is 2.68 bits per heavy atom. The minimum Gasteiger partial charge on any atom is -0.494 e. The highest BCUT2D eigenvalue weighted by atomic mass is 79.9. The Morgan fingerprint density at radius 2 is 2.16 bits per heavy atom. The number of halogens is 1. The van der Waals surface area contributed by atoms with Crippen molar-refractivity contribution in [1.29, 1.82) is 0 Å². The second kappa shape index (κ2) is 5.75. The van der Waals surface area contributed by atoms with Gasteiger partial charge in [-0.2, -0.15) is 5.10 Å². The van der Waals surface area contributed by atoms with Crippen molar-refractivity contribution >= 4 is 15.9 Å². The summed E-state index contributed by atoms with van der Waals surface area (Å²) >= 11 is 3.58. The molecular weight excluding hydrogens is 306 g/mol. The lowest BCUT2D eigenvalue weighted by Crippen LogP contribution is -1.99. The van der Waals surface area contributed by atoms with Crippen LogP contribution in [0.2, 0.25) is 0 Å². The van der Waals surface area contributed by atoms with E-state index in [1.54, 1.807) is 0 Å². The Bertz CT molecular complexity index is 593. The van der Waals surface area contributed by atoms with E-state index < -0.39 is 0 Å². The molecule has 4 nitrogen and oxygen atoms in total. The lowest BCUT2D eigenvalue weighted by Gasteiger charge is -2.09. The smallest absolute Gasteiger partial charge is 0.122 e. The Balaban J connectivity index is 2.48. The molecule has 1 aromatic heterocycles. The maximum absolute atomic E-state index is 5.68. The van der Waals surface area contributed by atoms with E-state index in [-0.39, 0.29) is 0 Å². The zero-order chi connectivity index (χ0) is 14.0. The number of hydrogen-bond donors (Lipinski definition) is 1. The van der Waals surface area contributed by atoms with Crippen molar-refractivity contribution < 1.29 is 4.74 Å². The number of nitrogens with zero attached hydrogens (tertiary/aromatic N) is 2. The van der Waals surface area contributed by atoms with E-state index in [9.17, 15) is 0 Å². The summed E-state index contributed by atoms with van der Waals surface area (Å²) in [6, 6.07) is 6.14. The van der Waals surface area contributed by atoms with E-state index >= 15 is 0 Å². The molecule has 0 atom stereocenters. The minimum atomic E-state index is 0.421. The van der Waals surface area contributed by atoms with E-state index in [1.165, 1.54) is 0 Å². The number of benzene rings is 1. The highest BCUT2D eigenvalue weighted by Gasteiger charge is 2.15. The van der Waals surface area contributed by atoms with Crippen molar-refractivity contribution in [2.75, 3.05) is 6.61 Å². The fourth-order valence-electron chi connectivity index (χ4n) is 2.11. The van der Waals surface area contributed by atoms with Gasteiger partial charge in [-0.1, -0.05) is 0 Å². The van der Waals surface area contributed by atoms with Gasteiger partial charge in [0, 0.05) is 19.2 Å². The molecule has 2 rings (SSSR count). The zero-order valence-corrected chi connectivity index (χ0v) is 13.0. The van der Waals surface area contributed by atoms with E-state index in [0.717, 1.165) is 32.7 Å². The molecule has 0 bridgehead atoms. The summed E-state index contributed by atoms with van der Waals surface area (Å²) < 4.78 is 8.37. The average molecular weight is 324 g/mol. The lowest BCUT2D eigenvalue weighted by atomic mass is 10.1. The maximum atomic E-state index is 5.68. The summed E-state index contributed by atoms with van der Waals surface area (Å²) in [6.07, 6.45) is 0. The van der Waals surface area contributed by atoms with Crippen LogP contribution in [0, 0.1) is 6.92 Å². The third kappa shape index (κ3) is 2.67. The van der Waals surface area contributed by atoms with Crippen LogP contribution >= 0.6 is 15.9 Å². The van der Waals surface area contributed by atoms with Crippen LogP contribution in [0.1, 0.15) is 18.2 Å². The first kappa shape index (κ1) is 14.1. The molecule has 0 unspecified atom stereocenters. The number of hydrogen-bond acceptors (Lipinski definition) is 3. The van der Waals surface area contributed by atoms with Crippen LogP contribution in [0.25, 0.3) is 11.3 Å².